The molecule has 2 rings (SSSR count). The van der Waals surface area contributed by atoms with Gasteiger partial charge in [0.15, 0.2) is 0 Å². The standard InChI is InChI=1S/C19H31NS/c1-3-5-16-6-8-18(9-7-16)19(20-12-4-2)15-17-10-13-21-14-11-17/h6-9,17,19-20H,3-5,10-15H2,1-2H3. The van der Waals surface area contributed by atoms with E-state index in [1.54, 1.807) is 0 Å². The van der Waals surface area contributed by atoms with Crippen molar-refractivity contribution in [3.63, 3.8) is 0 Å². The maximum absolute atomic E-state index is 3.78. The quantitative estimate of drug-likeness (QED) is 0.707. The van der Waals surface area contributed by atoms with Crippen molar-refractivity contribution < 1.29 is 0 Å². The zero-order valence-corrected chi connectivity index (χ0v) is 14.6. The highest BCUT2D eigenvalue weighted by molar-refractivity contribution is 7.99. The molecule has 0 aromatic heterocycles. The molecule has 21 heavy (non-hydrogen) atoms. The summed E-state index contributed by atoms with van der Waals surface area (Å²) in [5.74, 6) is 3.64. The molecule has 0 radical (unpaired) electrons. The summed E-state index contributed by atoms with van der Waals surface area (Å²) in [5.41, 5.74) is 2.96. The van der Waals surface area contributed by atoms with Gasteiger partial charge in [0, 0.05) is 6.04 Å². The molecule has 2 heteroatoms. The third-order valence-electron chi connectivity index (χ3n) is 4.47. The Kier molecular flexibility index (Phi) is 7.66. The van der Waals surface area contributed by atoms with Gasteiger partial charge in [0.1, 0.15) is 0 Å². The Balaban J connectivity index is 1.99. The predicted octanol–water partition coefficient (Wildman–Crippen LogP) is 5.21. The fourth-order valence-corrected chi connectivity index (χ4v) is 4.38. The first-order valence-electron chi connectivity index (χ1n) is 8.73. The van der Waals surface area contributed by atoms with Gasteiger partial charge in [0.05, 0.1) is 0 Å². The maximum Gasteiger partial charge on any atom is 0.0322 e. The SMILES string of the molecule is CCCNC(CC1CCSCC1)c1ccc(CCC)cc1. The van der Waals surface area contributed by atoms with Crippen LogP contribution < -0.4 is 5.32 Å². The van der Waals surface area contributed by atoms with E-state index in [0.29, 0.717) is 6.04 Å². The number of hydrogen-bond donors (Lipinski definition) is 1. The fraction of sp³-hybridized carbons (Fsp3) is 0.684. The molecule has 1 unspecified atom stereocenters. The number of thioether (sulfide) groups is 1. The fourth-order valence-electron chi connectivity index (χ4n) is 3.18. The predicted molar refractivity (Wildman–Crippen MR) is 96.1 cm³/mol. The lowest BCUT2D eigenvalue weighted by molar-refractivity contribution is 0.370. The van der Waals surface area contributed by atoms with E-state index in [-0.39, 0.29) is 0 Å². The Morgan fingerprint density at radius 3 is 2.43 bits per heavy atom. The van der Waals surface area contributed by atoms with Gasteiger partial charge in [0.2, 0.25) is 0 Å². The molecule has 0 spiro atoms. The average molecular weight is 306 g/mol. The van der Waals surface area contributed by atoms with Crippen molar-refractivity contribution in [2.24, 2.45) is 5.92 Å². The van der Waals surface area contributed by atoms with Crippen molar-refractivity contribution in [1.29, 1.82) is 0 Å². The van der Waals surface area contributed by atoms with Crippen molar-refractivity contribution in [2.45, 2.75) is 58.4 Å². The van der Waals surface area contributed by atoms with Crippen LogP contribution in [0.4, 0.5) is 0 Å². The average Bonchev–Trinajstić information content (AvgIpc) is 2.53. The summed E-state index contributed by atoms with van der Waals surface area (Å²) in [5, 5.41) is 3.78. The highest BCUT2D eigenvalue weighted by atomic mass is 32.2. The van der Waals surface area contributed by atoms with Crippen LogP contribution in [0.25, 0.3) is 0 Å². The summed E-state index contributed by atoms with van der Waals surface area (Å²) in [6, 6.07) is 9.92. The van der Waals surface area contributed by atoms with Crippen LogP contribution in [0.2, 0.25) is 0 Å². The number of benzene rings is 1. The lowest BCUT2D eigenvalue weighted by Gasteiger charge is -2.27. The minimum absolute atomic E-state index is 0.550. The molecular formula is C19H31NS. The van der Waals surface area contributed by atoms with Gasteiger partial charge in [-0.15, -0.1) is 0 Å². The van der Waals surface area contributed by atoms with Crippen LogP contribution in [-0.2, 0) is 6.42 Å². The summed E-state index contributed by atoms with van der Waals surface area (Å²) in [6.07, 6.45) is 7.77. The second-order valence-electron chi connectivity index (χ2n) is 6.29. The molecule has 1 aliphatic rings. The van der Waals surface area contributed by atoms with Crippen LogP contribution in [0.15, 0.2) is 24.3 Å². The second kappa shape index (κ2) is 9.53. The van der Waals surface area contributed by atoms with E-state index in [9.17, 15) is 0 Å². The Bertz CT molecular complexity index is 381. The molecular weight excluding hydrogens is 274 g/mol. The first kappa shape index (κ1) is 16.9. The Morgan fingerprint density at radius 1 is 1.10 bits per heavy atom. The molecule has 1 fully saturated rings. The van der Waals surface area contributed by atoms with Crippen LogP contribution in [0.5, 0.6) is 0 Å². The Morgan fingerprint density at radius 2 is 1.81 bits per heavy atom. The van der Waals surface area contributed by atoms with Gasteiger partial charge in [-0.1, -0.05) is 44.5 Å². The Hall–Kier alpha value is -0.470. The van der Waals surface area contributed by atoms with Gasteiger partial charge in [0.25, 0.3) is 0 Å². The normalized spacial score (nSPS) is 17.8. The zero-order valence-electron chi connectivity index (χ0n) is 13.7. The monoisotopic (exact) mass is 305 g/mol. The van der Waals surface area contributed by atoms with E-state index in [0.717, 1.165) is 12.5 Å². The van der Waals surface area contributed by atoms with Crippen molar-refractivity contribution >= 4 is 11.8 Å². The lowest BCUT2D eigenvalue weighted by atomic mass is 9.90. The van der Waals surface area contributed by atoms with Gasteiger partial charge < -0.3 is 5.32 Å². The van der Waals surface area contributed by atoms with Gasteiger partial charge in [-0.3, -0.25) is 0 Å². The molecule has 1 atom stereocenters. The lowest BCUT2D eigenvalue weighted by Crippen LogP contribution is -2.26. The zero-order chi connectivity index (χ0) is 14.9. The molecule has 1 saturated heterocycles. The molecule has 1 aromatic carbocycles. The van der Waals surface area contributed by atoms with Gasteiger partial charge in [-0.2, -0.15) is 11.8 Å². The number of hydrogen-bond acceptors (Lipinski definition) is 2. The minimum Gasteiger partial charge on any atom is -0.310 e. The molecule has 0 aliphatic carbocycles. The van der Waals surface area contributed by atoms with Crippen molar-refractivity contribution in [3.8, 4) is 0 Å². The smallest absolute Gasteiger partial charge is 0.0322 e. The van der Waals surface area contributed by atoms with E-state index in [4.69, 9.17) is 0 Å². The summed E-state index contributed by atoms with van der Waals surface area (Å²) < 4.78 is 0. The third-order valence-corrected chi connectivity index (χ3v) is 5.52. The summed E-state index contributed by atoms with van der Waals surface area (Å²) in [7, 11) is 0. The molecule has 0 amide bonds. The first-order valence-corrected chi connectivity index (χ1v) is 9.89. The van der Waals surface area contributed by atoms with E-state index in [2.05, 4.69) is 55.2 Å². The van der Waals surface area contributed by atoms with E-state index >= 15 is 0 Å². The maximum atomic E-state index is 3.78. The molecule has 1 N–H and O–H groups in total. The highest BCUT2D eigenvalue weighted by Crippen LogP contribution is 2.31. The van der Waals surface area contributed by atoms with Gasteiger partial charge >= 0.3 is 0 Å². The topological polar surface area (TPSA) is 12.0 Å². The van der Waals surface area contributed by atoms with Gasteiger partial charge in [-0.25, -0.2) is 0 Å². The van der Waals surface area contributed by atoms with Crippen molar-refractivity contribution in [1.82, 2.24) is 5.32 Å². The number of aryl methyl sites for hydroxylation is 1. The second-order valence-corrected chi connectivity index (χ2v) is 7.51. The van der Waals surface area contributed by atoms with Crippen molar-refractivity contribution in [3.05, 3.63) is 35.4 Å². The molecule has 0 bridgehead atoms. The van der Waals surface area contributed by atoms with Crippen LogP contribution in [0.3, 0.4) is 0 Å². The molecule has 1 aromatic rings. The van der Waals surface area contributed by atoms with E-state index < -0.39 is 0 Å². The molecule has 118 valence electrons. The van der Waals surface area contributed by atoms with Crippen molar-refractivity contribution in [2.75, 3.05) is 18.1 Å². The van der Waals surface area contributed by atoms with Crippen LogP contribution >= 0.6 is 11.8 Å². The summed E-state index contributed by atoms with van der Waals surface area (Å²) in [4.78, 5) is 0. The molecule has 0 saturated carbocycles. The Labute approximate surface area is 135 Å². The third kappa shape index (κ3) is 5.67. The largest absolute Gasteiger partial charge is 0.310 e. The van der Waals surface area contributed by atoms with E-state index in [1.807, 2.05) is 0 Å². The first-order chi connectivity index (χ1) is 10.3. The molecule has 1 nitrogen and oxygen atoms in total. The van der Waals surface area contributed by atoms with Crippen LogP contribution in [0, 0.1) is 5.92 Å². The van der Waals surface area contributed by atoms with E-state index in [1.165, 1.54) is 61.2 Å². The van der Waals surface area contributed by atoms with Crippen LogP contribution in [-0.4, -0.2) is 18.1 Å². The van der Waals surface area contributed by atoms with Gasteiger partial charge in [-0.05, 0) is 67.2 Å². The summed E-state index contributed by atoms with van der Waals surface area (Å²) >= 11 is 2.13. The molecule has 1 heterocycles. The highest BCUT2D eigenvalue weighted by Gasteiger charge is 2.20. The number of rotatable bonds is 8. The minimum atomic E-state index is 0.550. The summed E-state index contributed by atoms with van der Waals surface area (Å²) in [6.45, 7) is 5.63. The molecule has 1 aliphatic heterocycles. The van der Waals surface area contributed by atoms with Crippen LogP contribution in [0.1, 0.15) is 63.1 Å². The number of nitrogens with one attached hydrogen (secondary N) is 1.